The zero-order valence-corrected chi connectivity index (χ0v) is 13.5. The average Bonchev–Trinajstić information content (AvgIpc) is 2.34. The summed E-state index contributed by atoms with van der Waals surface area (Å²) in [6, 6.07) is 0.197. The summed E-state index contributed by atoms with van der Waals surface area (Å²) in [5, 5.41) is 3.03. The number of hydrogen-bond donors (Lipinski definition) is 2. The Labute approximate surface area is 119 Å². The summed E-state index contributed by atoms with van der Waals surface area (Å²) in [4.78, 5) is 14.4. The lowest BCUT2D eigenvalue weighted by atomic mass is 9.96. The molecule has 0 saturated heterocycles. The molecule has 19 heavy (non-hydrogen) atoms. The molecule has 0 aliphatic rings. The molecule has 0 aliphatic carbocycles. The van der Waals surface area contributed by atoms with Crippen molar-refractivity contribution >= 4 is 5.91 Å². The van der Waals surface area contributed by atoms with Crippen molar-refractivity contribution in [3.8, 4) is 0 Å². The second-order valence-corrected chi connectivity index (χ2v) is 5.71. The first kappa shape index (κ1) is 18.4. The van der Waals surface area contributed by atoms with Crippen LogP contribution in [0, 0.1) is 0 Å². The van der Waals surface area contributed by atoms with Gasteiger partial charge in [-0.15, -0.1) is 0 Å². The van der Waals surface area contributed by atoms with Crippen LogP contribution in [0.3, 0.4) is 0 Å². The fourth-order valence-electron chi connectivity index (χ4n) is 2.25. The summed E-state index contributed by atoms with van der Waals surface area (Å²) < 4.78 is 0. The van der Waals surface area contributed by atoms with Crippen molar-refractivity contribution in [1.82, 2.24) is 10.2 Å². The second kappa shape index (κ2) is 9.32. The Morgan fingerprint density at radius 2 is 1.89 bits per heavy atom. The average molecular weight is 271 g/mol. The Morgan fingerprint density at radius 3 is 2.37 bits per heavy atom. The molecule has 0 aliphatic heterocycles. The van der Waals surface area contributed by atoms with Crippen LogP contribution in [0.2, 0.25) is 0 Å². The Balaban J connectivity index is 3.97. The Hall–Kier alpha value is -0.610. The highest BCUT2D eigenvalue weighted by molar-refractivity contribution is 5.85. The zero-order chi connectivity index (χ0) is 14.9. The maximum absolute atomic E-state index is 12.0. The molecule has 114 valence electrons. The molecule has 0 aromatic carbocycles. The molecule has 2 atom stereocenters. The van der Waals surface area contributed by atoms with E-state index in [0.29, 0.717) is 0 Å². The molecule has 0 aromatic rings. The second-order valence-electron chi connectivity index (χ2n) is 5.71. The highest BCUT2D eigenvalue weighted by Gasteiger charge is 2.27. The van der Waals surface area contributed by atoms with E-state index in [2.05, 4.69) is 31.0 Å². The van der Waals surface area contributed by atoms with E-state index in [1.165, 1.54) is 0 Å². The van der Waals surface area contributed by atoms with E-state index in [1.54, 1.807) is 0 Å². The molecule has 4 heteroatoms. The van der Waals surface area contributed by atoms with Crippen molar-refractivity contribution in [2.24, 2.45) is 5.73 Å². The van der Waals surface area contributed by atoms with Gasteiger partial charge in [0.05, 0.1) is 5.54 Å². The third kappa shape index (κ3) is 7.53. The van der Waals surface area contributed by atoms with Crippen molar-refractivity contribution in [3.05, 3.63) is 0 Å². The van der Waals surface area contributed by atoms with Gasteiger partial charge in [0, 0.05) is 6.04 Å². The molecule has 0 radical (unpaired) electrons. The summed E-state index contributed by atoms with van der Waals surface area (Å²) in [6.07, 6.45) is 3.77. The van der Waals surface area contributed by atoms with Gasteiger partial charge in [-0.3, -0.25) is 4.79 Å². The lowest BCUT2D eigenvalue weighted by molar-refractivity contribution is -0.126. The fourth-order valence-corrected chi connectivity index (χ4v) is 2.25. The van der Waals surface area contributed by atoms with Crippen LogP contribution in [0.1, 0.15) is 60.3 Å². The SMILES string of the molecule is CCCC(C)(N)C(=O)NC(C)CCCN(CC)CC. The van der Waals surface area contributed by atoms with E-state index >= 15 is 0 Å². The lowest BCUT2D eigenvalue weighted by Gasteiger charge is -2.26. The van der Waals surface area contributed by atoms with Gasteiger partial charge >= 0.3 is 0 Å². The third-order valence-electron chi connectivity index (χ3n) is 3.67. The summed E-state index contributed by atoms with van der Waals surface area (Å²) >= 11 is 0. The van der Waals surface area contributed by atoms with Crippen LogP contribution in [-0.2, 0) is 4.79 Å². The zero-order valence-electron chi connectivity index (χ0n) is 13.5. The molecule has 0 fully saturated rings. The number of nitrogens with two attached hydrogens (primary N) is 1. The van der Waals surface area contributed by atoms with Gasteiger partial charge in [-0.2, -0.15) is 0 Å². The van der Waals surface area contributed by atoms with Gasteiger partial charge in [0.1, 0.15) is 0 Å². The van der Waals surface area contributed by atoms with E-state index in [-0.39, 0.29) is 11.9 Å². The minimum atomic E-state index is -0.734. The fraction of sp³-hybridized carbons (Fsp3) is 0.933. The van der Waals surface area contributed by atoms with Gasteiger partial charge in [-0.25, -0.2) is 0 Å². The van der Waals surface area contributed by atoms with Crippen LogP contribution in [0.15, 0.2) is 0 Å². The van der Waals surface area contributed by atoms with Crippen LogP contribution in [-0.4, -0.2) is 42.0 Å². The van der Waals surface area contributed by atoms with Crippen LogP contribution >= 0.6 is 0 Å². The molecule has 0 heterocycles. The number of carbonyl (C=O) groups excluding carboxylic acids is 1. The van der Waals surface area contributed by atoms with Gasteiger partial charge in [-0.1, -0.05) is 27.2 Å². The molecule has 0 rings (SSSR count). The molecule has 2 unspecified atom stereocenters. The summed E-state index contributed by atoms with van der Waals surface area (Å²) in [7, 11) is 0. The van der Waals surface area contributed by atoms with E-state index in [0.717, 1.165) is 45.3 Å². The van der Waals surface area contributed by atoms with Crippen LogP contribution < -0.4 is 11.1 Å². The lowest BCUT2D eigenvalue weighted by Crippen LogP contribution is -2.53. The van der Waals surface area contributed by atoms with Crippen molar-refractivity contribution in [2.45, 2.75) is 71.9 Å². The largest absolute Gasteiger partial charge is 0.352 e. The molecular formula is C15H33N3O. The Morgan fingerprint density at radius 1 is 1.32 bits per heavy atom. The Bertz CT molecular complexity index is 250. The van der Waals surface area contributed by atoms with Gasteiger partial charge in [-0.05, 0) is 52.7 Å². The smallest absolute Gasteiger partial charge is 0.240 e. The molecular weight excluding hydrogens is 238 g/mol. The van der Waals surface area contributed by atoms with Gasteiger partial charge in [0.15, 0.2) is 0 Å². The number of rotatable bonds is 10. The standard InChI is InChI=1S/C15H33N3O/c1-6-11-15(5,16)14(19)17-13(4)10-9-12-18(7-2)8-3/h13H,6-12,16H2,1-5H3,(H,17,19). The third-order valence-corrected chi connectivity index (χ3v) is 3.67. The van der Waals surface area contributed by atoms with Crippen LogP contribution in [0.25, 0.3) is 0 Å². The van der Waals surface area contributed by atoms with E-state index in [9.17, 15) is 4.79 Å². The topological polar surface area (TPSA) is 58.4 Å². The van der Waals surface area contributed by atoms with Crippen molar-refractivity contribution in [1.29, 1.82) is 0 Å². The minimum Gasteiger partial charge on any atom is -0.352 e. The predicted octanol–water partition coefficient (Wildman–Crippen LogP) is 2.13. The van der Waals surface area contributed by atoms with Gasteiger partial charge < -0.3 is 16.0 Å². The minimum absolute atomic E-state index is 0.0234. The van der Waals surface area contributed by atoms with Crippen molar-refractivity contribution < 1.29 is 4.79 Å². The van der Waals surface area contributed by atoms with Gasteiger partial charge in [0.25, 0.3) is 0 Å². The molecule has 1 amide bonds. The number of hydrogen-bond acceptors (Lipinski definition) is 3. The monoisotopic (exact) mass is 271 g/mol. The molecule has 4 nitrogen and oxygen atoms in total. The first-order chi connectivity index (χ1) is 8.87. The highest BCUT2D eigenvalue weighted by atomic mass is 16.2. The predicted molar refractivity (Wildman–Crippen MR) is 82.1 cm³/mol. The van der Waals surface area contributed by atoms with Crippen LogP contribution in [0.4, 0.5) is 0 Å². The van der Waals surface area contributed by atoms with Gasteiger partial charge in [0.2, 0.25) is 5.91 Å². The molecule has 0 bridgehead atoms. The normalized spacial score (nSPS) is 16.2. The summed E-state index contributed by atoms with van der Waals surface area (Å²) in [6.45, 7) is 13.6. The first-order valence-electron chi connectivity index (χ1n) is 7.69. The molecule has 0 aromatic heterocycles. The van der Waals surface area contributed by atoms with Crippen molar-refractivity contribution in [2.75, 3.05) is 19.6 Å². The Kier molecular flexibility index (Phi) is 9.02. The molecule has 0 spiro atoms. The van der Waals surface area contributed by atoms with E-state index in [4.69, 9.17) is 5.73 Å². The van der Waals surface area contributed by atoms with E-state index in [1.807, 2.05) is 13.8 Å². The summed E-state index contributed by atoms with van der Waals surface area (Å²) in [5.41, 5.74) is 5.28. The maximum Gasteiger partial charge on any atom is 0.240 e. The first-order valence-corrected chi connectivity index (χ1v) is 7.69. The number of carbonyl (C=O) groups is 1. The number of nitrogens with one attached hydrogen (secondary N) is 1. The van der Waals surface area contributed by atoms with Crippen LogP contribution in [0.5, 0.6) is 0 Å². The highest BCUT2D eigenvalue weighted by Crippen LogP contribution is 2.09. The summed E-state index contributed by atoms with van der Waals surface area (Å²) in [5.74, 6) is -0.0234. The van der Waals surface area contributed by atoms with E-state index < -0.39 is 5.54 Å². The number of nitrogens with zero attached hydrogens (tertiary/aromatic N) is 1. The molecule has 3 N–H and O–H groups in total. The maximum atomic E-state index is 12.0. The number of amides is 1. The molecule has 0 saturated carbocycles. The quantitative estimate of drug-likeness (QED) is 0.640. The van der Waals surface area contributed by atoms with Crippen molar-refractivity contribution in [3.63, 3.8) is 0 Å².